The third-order valence-electron chi connectivity index (χ3n) is 7.42. The second kappa shape index (κ2) is 8.58. The fraction of sp³-hybridized carbons (Fsp3) is 0.560. The molecule has 1 aliphatic carbocycles. The lowest BCUT2D eigenvalue weighted by molar-refractivity contribution is -0.155. The number of hydrogen-bond acceptors (Lipinski definition) is 5. The highest BCUT2D eigenvalue weighted by Gasteiger charge is 2.48. The molecule has 31 heavy (non-hydrogen) atoms. The number of amides is 1. The zero-order valence-corrected chi connectivity index (χ0v) is 18.0. The number of likely N-dealkylation sites (tertiary alicyclic amines) is 1. The number of benzene rings is 1. The van der Waals surface area contributed by atoms with Crippen LogP contribution in [-0.2, 0) is 14.9 Å². The van der Waals surface area contributed by atoms with Crippen LogP contribution in [-0.4, -0.2) is 52.2 Å². The molecule has 1 unspecified atom stereocenters. The van der Waals surface area contributed by atoms with Crippen LogP contribution >= 0.6 is 0 Å². The Balaban J connectivity index is 1.25. The highest BCUT2D eigenvalue weighted by molar-refractivity contribution is 5.88. The van der Waals surface area contributed by atoms with E-state index in [1.165, 1.54) is 5.56 Å². The summed E-state index contributed by atoms with van der Waals surface area (Å²) in [4.78, 5) is 24.2. The van der Waals surface area contributed by atoms with Gasteiger partial charge in [0.25, 0.3) is 0 Å². The molecule has 1 atom stereocenters. The van der Waals surface area contributed by atoms with E-state index >= 15 is 0 Å². The zero-order chi connectivity index (χ0) is 21.2. The van der Waals surface area contributed by atoms with Gasteiger partial charge in [0.2, 0.25) is 5.91 Å². The third-order valence-corrected chi connectivity index (χ3v) is 7.42. The van der Waals surface area contributed by atoms with Crippen LogP contribution in [0.5, 0.6) is 6.01 Å². The molecule has 6 heteroatoms. The van der Waals surface area contributed by atoms with Crippen LogP contribution in [0.25, 0.3) is 0 Å². The van der Waals surface area contributed by atoms with Crippen LogP contribution in [0.3, 0.4) is 0 Å². The van der Waals surface area contributed by atoms with Crippen LogP contribution in [0.2, 0.25) is 0 Å². The summed E-state index contributed by atoms with van der Waals surface area (Å²) in [6, 6.07) is 12.6. The Morgan fingerprint density at radius 3 is 2.42 bits per heavy atom. The van der Waals surface area contributed by atoms with Crippen LogP contribution in [0.1, 0.15) is 56.9 Å². The first-order valence-corrected chi connectivity index (χ1v) is 11.6. The minimum absolute atomic E-state index is 0.0592. The summed E-state index contributed by atoms with van der Waals surface area (Å²) in [5.74, 6) is 0.312. The summed E-state index contributed by atoms with van der Waals surface area (Å²) in [6.07, 6.45) is 11.0. The van der Waals surface area contributed by atoms with Crippen molar-refractivity contribution in [2.75, 3.05) is 19.7 Å². The van der Waals surface area contributed by atoms with Gasteiger partial charge in [-0.25, -0.2) is 9.97 Å². The molecule has 164 valence electrons. The number of rotatable bonds is 4. The van der Waals surface area contributed by atoms with Crippen molar-refractivity contribution in [3.05, 3.63) is 54.4 Å². The van der Waals surface area contributed by atoms with Crippen LogP contribution in [0.15, 0.2) is 48.8 Å². The van der Waals surface area contributed by atoms with Crippen LogP contribution in [0.4, 0.5) is 0 Å². The number of aromatic nitrogens is 2. The molecule has 0 N–H and O–H groups in total. The Hall–Kier alpha value is -2.47. The number of carbonyl (C=O) groups is 1. The lowest BCUT2D eigenvalue weighted by Gasteiger charge is -2.47. The van der Waals surface area contributed by atoms with E-state index in [-0.39, 0.29) is 17.1 Å². The maximum atomic E-state index is 13.7. The fourth-order valence-electron chi connectivity index (χ4n) is 5.71. The molecule has 0 radical (unpaired) electrons. The Labute approximate surface area is 184 Å². The molecule has 5 rings (SSSR count). The highest BCUT2D eigenvalue weighted by Crippen LogP contribution is 2.44. The number of ether oxygens (including phenoxy) is 2. The number of carbonyl (C=O) groups excluding carboxylic acids is 1. The smallest absolute Gasteiger partial charge is 0.316 e. The lowest BCUT2D eigenvalue weighted by Crippen LogP contribution is -2.55. The van der Waals surface area contributed by atoms with Gasteiger partial charge in [-0.2, -0.15) is 0 Å². The van der Waals surface area contributed by atoms with Gasteiger partial charge in [-0.1, -0.05) is 43.2 Å². The highest BCUT2D eigenvalue weighted by atomic mass is 16.5. The fourth-order valence-corrected chi connectivity index (χ4v) is 5.71. The monoisotopic (exact) mass is 421 g/mol. The maximum absolute atomic E-state index is 13.7. The topological polar surface area (TPSA) is 64.6 Å². The average molecular weight is 422 g/mol. The van der Waals surface area contributed by atoms with E-state index in [0.29, 0.717) is 18.5 Å². The molecule has 2 saturated heterocycles. The minimum Gasteiger partial charge on any atom is -0.460 e. The molecule has 1 saturated carbocycles. The summed E-state index contributed by atoms with van der Waals surface area (Å²) in [7, 11) is 0. The van der Waals surface area contributed by atoms with E-state index in [9.17, 15) is 4.79 Å². The van der Waals surface area contributed by atoms with Gasteiger partial charge in [0, 0.05) is 38.3 Å². The first-order chi connectivity index (χ1) is 15.2. The van der Waals surface area contributed by atoms with Gasteiger partial charge in [-0.15, -0.1) is 0 Å². The molecule has 0 bridgehead atoms. The zero-order valence-electron chi connectivity index (χ0n) is 18.0. The van der Waals surface area contributed by atoms with E-state index in [1.807, 2.05) is 6.07 Å². The number of piperidine rings is 1. The molecular weight excluding hydrogens is 390 g/mol. The van der Waals surface area contributed by atoms with Crippen molar-refractivity contribution in [1.82, 2.24) is 14.9 Å². The maximum Gasteiger partial charge on any atom is 0.316 e. The van der Waals surface area contributed by atoms with Crippen molar-refractivity contribution in [3.8, 4) is 6.01 Å². The Kier molecular flexibility index (Phi) is 5.65. The summed E-state index contributed by atoms with van der Waals surface area (Å²) in [5, 5.41) is 0. The van der Waals surface area contributed by atoms with Crippen molar-refractivity contribution in [3.63, 3.8) is 0 Å². The van der Waals surface area contributed by atoms with E-state index in [1.54, 1.807) is 18.5 Å². The van der Waals surface area contributed by atoms with Crippen molar-refractivity contribution < 1.29 is 14.3 Å². The van der Waals surface area contributed by atoms with Gasteiger partial charge in [0.05, 0.1) is 17.6 Å². The second-order valence-electron chi connectivity index (χ2n) is 9.24. The Bertz CT molecular complexity index is 875. The van der Waals surface area contributed by atoms with Gasteiger partial charge in [-0.05, 0) is 37.3 Å². The summed E-state index contributed by atoms with van der Waals surface area (Å²) in [6.45, 7) is 2.18. The van der Waals surface area contributed by atoms with Crippen molar-refractivity contribution in [1.29, 1.82) is 0 Å². The summed E-state index contributed by atoms with van der Waals surface area (Å²) in [5.41, 5.74) is 0.641. The predicted octanol–water partition coefficient (Wildman–Crippen LogP) is 3.91. The van der Waals surface area contributed by atoms with Crippen molar-refractivity contribution in [2.45, 2.75) is 68.5 Å². The summed E-state index contributed by atoms with van der Waals surface area (Å²) < 4.78 is 12.3. The van der Waals surface area contributed by atoms with Crippen LogP contribution < -0.4 is 4.74 Å². The van der Waals surface area contributed by atoms with Gasteiger partial charge < -0.3 is 14.4 Å². The van der Waals surface area contributed by atoms with Gasteiger partial charge in [-0.3, -0.25) is 4.79 Å². The quantitative estimate of drug-likeness (QED) is 0.749. The molecule has 1 amide bonds. The molecule has 1 aromatic carbocycles. The molecule has 2 aliphatic heterocycles. The van der Waals surface area contributed by atoms with Crippen LogP contribution in [0, 0.1) is 0 Å². The number of nitrogens with zero attached hydrogens (tertiary/aromatic N) is 3. The molecule has 3 fully saturated rings. The van der Waals surface area contributed by atoms with Gasteiger partial charge in [0.1, 0.15) is 6.10 Å². The minimum atomic E-state index is -0.338. The van der Waals surface area contributed by atoms with E-state index in [0.717, 1.165) is 64.5 Å². The Morgan fingerprint density at radius 2 is 1.71 bits per heavy atom. The molecular formula is C25H31N3O3. The predicted molar refractivity (Wildman–Crippen MR) is 117 cm³/mol. The second-order valence-corrected chi connectivity index (χ2v) is 9.24. The lowest BCUT2D eigenvalue weighted by atomic mass is 9.76. The summed E-state index contributed by atoms with van der Waals surface area (Å²) >= 11 is 0. The SMILES string of the molecule is O=C(N1CCC2(CC1)CC(Oc1ncccn1)CCO2)C1(c2ccccc2)CCCC1. The third kappa shape index (κ3) is 4.05. The molecule has 3 heterocycles. The van der Waals surface area contributed by atoms with Gasteiger partial charge in [0.15, 0.2) is 0 Å². The van der Waals surface area contributed by atoms with E-state index < -0.39 is 0 Å². The average Bonchev–Trinajstić information content (AvgIpc) is 3.32. The number of hydrogen-bond donors (Lipinski definition) is 0. The first kappa shape index (κ1) is 20.4. The largest absolute Gasteiger partial charge is 0.460 e. The molecule has 2 aromatic rings. The molecule has 1 spiro atoms. The Morgan fingerprint density at radius 1 is 1.00 bits per heavy atom. The first-order valence-electron chi connectivity index (χ1n) is 11.6. The molecule has 3 aliphatic rings. The van der Waals surface area contributed by atoms with Crippen molar-refractivity contribution >= 4 is 5.91 Å². The normalized spacial score (nSPS) is 24.8. The molecule has 1 aromatic heterocycles. The molecule has 6 nitrogen and oxygen atoms in total. The van der Waals surface area contributed by atoms with E-state index in [4.69, 9.17) is 9.47 Å². The van der Waals surface area contributed by atoms with E-state index in [2.05, 4.69) is 39.1 Å². The van der Waals surface area contributed by atoms with Crippen molar-refractivity contribution in [2.24, 2.45) is 0 Å². The standard InChI is InChI=1S/C25H31N3O3/c29-22(25(10-4-5-11-25)20-7-2-1-3-8-20)28-16-12-24(13-17-28)19-21(9-18-30-24)31-23-26-14-6-15-27-23/h1-3,6-8,14-15,21H,4-5,9-13,16-19H2. The van der Waals surface area contributed by atoms with Gasteiger partial charge >= 0.3 is 6.01 Å².